The highest BCUT2D eigenvalue weighted by atomic mass is 32.1. The van der Waals surface area contributed by atoms with Gasteiger partial charge in [0.05, 0.1) is 0 Å². The standard InChI is InChI=1S/C12H13NS/c1-8-6-12(14-10(8)3)11-4-5-13-9(2)7-11/h4-7H,1-3H3. The second-order valence-electron chi connectivity index (χ2n) is 3.54. The molecule has 0 saturated carbocycles. The molecular weight excluding hydrogens is 190 g/mol. The van der Waals surface area contributed by atoms with Crippen molar-refractivity contribution < 1.29 is 0 Å². The molecule has 0 unspecified atom stereocenters. The molecule has 2 heterocycles. The second kappa shape index (κ2) is 3.54. The number of nitrogens with zero attached hydrogens (tertiary/aromatic N) is 1. The first-order chi connectivity index (χ1) is 6.66. The van der Waals surface area contributed by atoms with E-state index in [1.54, 1.807) is 0 Å². The number of hydrogen-bond acceptors (Lipinski definition) is 2. The number of aryl methyl sites for hydroxylation is 3. The fraction of sp³-hybridized carbons (Fsp3) is 0.250. The summed E-state index contributed by atoms with van der Waals surface area (Å²) in [5, 5.41) is 0. The molecule has 0 bridgehead atoms. The number of pyridine rings is 1. The molecule has 0 aliphatic rings. The fourth-order valence-electron chi connectivity index (χ4n) is 1.41. The summed E-state index contributed by atoms with van der Waals surface area (Å²) in [6.45, 7) is 6.34. The third kappa shape index (κ3) is 1.70. The molecule has 0 N–H and O–H groups in total. The molecule has 0 spiro atoms. The third-order valence-corrected chi connectivity index (χ3v) is 3.55. The van der Waals surface area contributed by atoms with Gasteiger partial charge in [0.2, 0.25) is 0 Å². The molecule has 0 aromatic carbocycles. The normalized spacial score (nSPS) is 10.5. The molecule has 0 amide bonds. The van der Waals surface area contributed by atoms with Gasteiger partial charge in [-0.1, -0.05) is 0 Å². The van der Waals surface area contributed by atoms with Crippen molar-refractivity contribution in [2.75, 3.05) is 0 Å². The molecule has 72 valence electrons. The van der Waals surface area contributed by atoms with Crippen molar-refractivity contribution in [1.82, 2.24) is 4.98 Å². The Bertz CT molecular complexity index is 438. The van der Waals surface area contributed by atoms with Gasteiger partial charge in [-0.25, -0.2) is 0 Å². The Labute approximate surface area is 88.4 Å². The first kappa shape index (κ1) is 9.41. The first-order valence-electron chi connectivity index (χ1n) is 4.67. The van der Waals surface area contributed by atoms with Crippen molar-refractivity contribution in [3.05, 3.63) is 40.5 Å². The Morgan fingerprint density at radius 2 is 1.93 bits per heavy atom. The Morgan fingerprint density at radius 1 is 1.14 bits per heavy atom. The van der Waals surface area contributed by atoms with Crippen LogP contribution >= 0.6 is 11.3 Å². The Hall–Kier alpha value is -1.15. The summed E-state index contributed by atoms with van der Waals surface area (Å²) in [4.78, 5) is 6.94. The molecule has 0 saturated heterocycles. The lowest BCUT2D eigenvalue weighted by Crippen LogP contribution is -1.79. The zero-order valence-electron chi connectivity index (χ0n) is 8.66. The SMILES string of the molecule is Cc1cc(-c2cc(C)c(C)s2)ccn1. The highest BCUT2D eigenvalue weighted by Gasteiger charge is 2.03. The van der Waals surface area contributed by atoms with E-state index < -0.39 is 0 Å². The van der Waals surface area contributed by atoms with Crippen molar-refractivity contribution in [3.63, 3.8) is 0 Å². The van der Waals surface area contributed by atoms with E-state index >= 15 is 0 Å². The molecular formula is C12H13NS. The summed E-state index contributed by atoms with van der Waals surface area (Å²) >= 11 is 1.85. The minimum absolute atomic E-state index is 1.08. The zero-order valence-corrected chi connectivity index (χ0v) is 9.48. The highest BCUT2D eigenvalue weighted by Crippen LogP contribution is 2.30. The largest absolute Gasteiger partial charge is 0.262 e. The molecule has 14 heavy (non-hydrogen) atoms. The van der Waals surface area contributed by atoms with Gasteiger partial charge in [0.25, 0.3) is 0 Å². The van der Waals surface area contributed by atoms with Gasteiger partial charge in [-0.15, -0.1) is 11.3 Å². The van der Waals surface area contributed by atoms with Gasteiger partial charge >= 0.3 is 0 Å². The van der Waals surface area contributed by atoms with Gasteiger partial charge in [-0.2, -0.15) is 0 Å². The molecule has 2 aromatic rings. The maximum absolute atomic E-state index is 4.20. The monoisotopic (exact) mass is 203 g/mol. The predicted molar refractivity (Wildman–Crippen MR) is 61.8 cm³/mol. The molecule has 0 atom stereocenters. The van der Waals surface area contributed by atoms with Crippen molar-refractivity contribution in [1.29, 1.82) is 0 Å². The average Bonchev–Trinajstić information content (AvgIpc) is 2.47. The van der Waals surface area contributed by atoms with Crippen LogP contribution in [0.15, 0.2) is 24.4 Å². The van der Waals surface area contributed by atoms with Crippen LogP contribution in [-0.4, -0.2) is 4.98 Å². The molecule has 0 radical (unpaired) electrons. The minimum atomic E-state index is 1.08. The summed E-state index contributed by atoms with van der Waals surface area (Å²) in [5.41, 5.74) is 3.73. The lowest BCUT2D eigenvalue weighted by molar-refractivity contribution is 1.20. The van der Waals surface area contributed by atoms with Crippen LogP contribution in [0, 0.1) is 20.8 Å². The third-order valence-electron chi connectivity index (χ3n) is 2.35. The molecule has 0 fully saturated rings. The lowest BCUT2D eigenvalue weighted by Gasteiger charge is -1.97. The van der Waals surface area contributed by atoms with E-state index in [-0.39, 0.29) is 0 Å². The van der Waals surface area contributed by atoms with Crippen LogP contribution in [0.3, 0.4) is 0 Å². The van der Waals surface area contributed by atoms with Crippen molar-refractivity contribution in [2.45, 2.75) is 20.8 Å². The van der Waals surface area contributed by atoms with Gasteiger partial charge in [-0.05, 0) is 50.1 Å². The quantitative estimate of drug-likeness (QED) is 0.688. The second-order valence-corrected chi connectivity index (χ2v) is 4.79. The topological polar surface area (TPSA) is 12.9 Å². The number of hydrogen-bond donors (Lipinski definition) is 0. The number of thiophene rings is 1. The van der Waals surface area contributed by atoms with E-state index in [0.717, 1.165) is 5.69 Å². The maximum Gasteiger partial charge on any atom is 0.0379 e. The van der Waals surface area contributed by atoms with Crippen LogP contribution in [0.5, 0.6) is 0 Å². The van der Waals surface area contributed by atoms with Crippen molar-refractivity contribution in [3.8, 4) is 10.4 Å². The highest BCUT2D eigenvalue weighted by molar-refractivity contribution is 7.15. The van der Waals surface area contributed by atoms with E-state index in [4.69, 9.17) is 0 Å². The molecule has 0 aliphatic carbocycles. The van der Waals surface area contributed by atoms with Gasteiger partial charge in [0.15, 0.2) is 0 Å². The van der Waals surface area contributed by atoms with Crippen molar-refractivity contribution >= 4 is 11.3 Å². The predicted octanol–water partition coefficient (Wildman–Crippen LogP) is 3.74. The van der Waals surface area contributed by atoms with Gasteiger partial charge in [0, 0.05) is 21.6 Å². The minimum Gasteiger partial charge on any atom is -0.262 e. The van der Waals surface area contributed by atoms with Crippen LogP contribution in [0.25, 0.3) is 10.4 Å². The average molecular weight is 203 g/mol. The van der Waals surface area contributed by atoms with E-state index in [2.05, 4.69) is 37.0 Å². The Kier molecular flexibility index (Phi) is 2.38. The fourth-order valence-corrected chi connectivity index (χ4v) is 2.44. The maximum atomic E-state index is 4.20. The lowest BCUT2D eigenvalue weighted by atomic mass is 10.2. The van der Waals surface area contributed by atoms with Crippen LogP contribution in [0.2, 0.25) is 0 Å². The zero-order chi connectivity index (χ0) is 10.1. The van der Waals surface area contributed by atoms with Crippen molar-refractivity contribution in [2.24, 2.45) is 0 Å². The van der Waals surface area contributed by atoms with Gasteiger partial charge < -0.3 is 0 Å². The molecule has 2 aromatic heterocycles. The van der Waals surface area contributed by atoms with E-state index in [9.17, 15) is 0 Å². The summed E-state index contributed by atoms with van der Waals surface area (Å²) in [5.74, 6) is 0. The molecule has 0 aliphatic heterocycles. The first-order valence-corrected chi connectivity index (χ1v) is 5.48. The van der Waals surface area contributed by atoms with Crippen LogP contribution in [0.1, 0.15) is 16.1 Å². The van der Waals surface area contributed by atoms with Crippen LogP contribution in [-0.2, 0) is 0 Å². The Morgan fingerprint density at radius 3 is 2.50 bits per heavy atom. The van der Waals surface area contributed by atoms with E-state index in [1.165, 1.54) is 20.9 Å². The summed E-state index contributed by atoms with van der Waals surface area (Å²) in [7, 11) is 0. The van der Waals surface area contributed by atoms with Gasteiger partial charge in [-0.3, -0.25) is 4.98 Å². The number of rotatable bonds is 1. The number of aromatic nitrogens is 1. The van der Waals surface area contributed by atoms with E-state index in [1.807, 2.05) is 24.5 Å². The molecule has 1 nitrogen and oxygen atoms in total. The molecule has 2 heteroatoms. The Balaban J connectivity index is 2.49. The van der Waals surface area contributed by atoms with E-state index in [0.29, 0.717) is 0 Å². The summed E-state index contributed by atoms with van der Waals surface area (Å²) in [6.07, 6.45) is 1.87. The van der Waals surface area contributed by atoms with Crippen LogP contribution in [0.4, 0.5) is 0 Å². The summed E-state index contributed by atoms with van der Waals surface area (Å²) in [6, 6.07) is 6.44. The smallest absolute Gasteiger partial charge is 0.0379 e. The van der Waals surface area contributed by atoms with Gasteiger partial charge in [0.1, 0.15) is 0 Å². The molecule has 2 rings (SSSR count). The summed E-state index contributed by atoms with van der Waals surface area (Å²) < 4.78 is 0. The van der Waals surface area contributed by atoms with Crippen LogP contribution < -0.4 is 0 Å².